The van der Waals surface area contributed by atoms with Gasteiger partial charge in [0, 0.05) is 29.9 Å². The van der Waals surface area contributed by atoms with E-state index >= 15 is 0 Å². The van der Waals surface area contributed by atoms with Crippen molar-refractivity contribution in [3.8, 4) is 5.75 Å². The molecule has 0 spiro atoms. The fourth-order valence-electron chi connectivity index (χ4n) is 1.85. The van der Waals surface area contributed by atoms with E-state index in [1.165, 1.54) is 0 Å². The Morgan fingerprint density at radius 1 is 1.56 bits per heavy atom. The van der Waals surface area contributed by atoms with E-state index in [4.69, 9.17) is 15.6 Å². The molecule has 0 bridgehead atoms. The minimum absolute atomic E-state index is 0.410. The number of nitrogens with two attached hydrogens (primary N) is 1. The largest absolute Gasteiger partial charge is 0.497 e. The van der Waals surface area contributed by atoms with E-state index in [2.05, 4.69) is 4.98 Å². The molecular weight excluding hydrogens is 232 g/mol. The van der Waals surface area contributed by atoms with Crippen LogP contribution in [-0.4, -0.2) is 29.7 Å². The molecular formula is C13H20N2O3. The minimum Gasteiger partial charge on any atom is -0.497 e. The van der Waals surface area contributed by atoms with Crippen LogP contribution in [0.25, 0.3) is 0 Å². The van der Waals surface area contributed by atoms with Crippen molar-refractivity contribution in [3.05, 3.63) is 23.5 Å². The highest BCUT2D eigenvalue weighted by atomic mass is 16.5. The second kappa shape index (κ2) is 6.96. The Bertz CT molecular complexity index is 407. The lowest BCUT2D eigenvalue weighted by atomic mass is 9.97. The summed E-state index contributed by atoms with van der Waals surface area (Å²) in [4.78, 5) is 15.5. The average molecular weight is 252 g/mol. The lowest BCUT2D eigenvalue weighted by molar-refractivity contribution is -0.142. The van der Waals surface area contributed by atoms with Gasteiger partial charge >= 0.3 is 5.97 Å². The van der Waals surface area contributed by atoms with Gasteiger partial charge in [-0.3, -0.25) is 9.78 Å². The van der Waals surface area contributed by atoms with Crippen LogP contribution in [0, 0.1) is 12.8 Å². The van der Waals surface area contributed by atoms with E-state index in [-0.39, 0.29) is 0 Å². The monoisotopic (exact) mass is 252 g/mol. The number of hydrogen-bond donors (Lipinski definition) is 2. The van der Waals surface area contributed by atoms with Crippen molar-refractivity contribution < 1.29 is 14.6 Å². The molecule has 0 aliphatic carbocycles. The summed E-state index contributed by atoms with van der Waals surface area (Å²) in [7, 11) is 1.58. The molecule has 0 saturated heterocycles. The number of nitrogens with zero attached hydrogens (tertiary/aromatic N) is 1. The van der Waals surface area contributed by atoms with Crippen molar-refractivity contribution in [3.63, 3.8) is 0 Å². The summed E-state index contributed by atoms with van der Waals surface area (Å²) in [6, 6.07) is 3.60. The van der Waals surface area contributed by atoms with E-state index in [9.17, 15) is 4.79 Å². The molecule has 0 saturated carbocycles. The summed E-state index contributed by atoms with van der Waals surface area (Å²) in [5.41, 5.74) is 6.98. The van der Waals surface area contributed by atoms with Crippen LogP contribution < -0.4 is 10.5 Å². The predicted molar refractivity (Wildman–Crippen MR) is 68.6 cm³/mol. The number of aryl methyl sites for hydroxylation is 1. The second-order valence-electron chi connectivity index (χ2n) is 4.31. The molecule has 5 nitrogen and oxygen atoms in total. The maximum Gasteiger partial charge on any atom is 0.306 e. The van der Waals surface area contributed by atoms with Crippen LogP contribution in [0.5, 0.6) is 5.75 Å². The summed E-state index contributed by atoms with van der Waals surface area (Å²) >= 11 is 0. The van der Waals surface area contributed by atoms with Gasteiger partial charge in [-0.2, -0.15) is 0 Å². The Labute approximate surface area is 107 Å². The van der Waals surface area contributed by atoms with Crippen LogP contribution in [-0.2, 0) is 11.2 Å². The fourth-order valence-corrected chi connectivity index (χ4v) is 1.85. The van der Waals surface area contributed by atoms with Gasteiger partial charge in [-0.25, -0.2) is 0 Å². The highest BCUT2D eigenvalue weighted by molar-refractivity contribution is 5.70. The van der Waals surface area contributed by atoms with Crippen LogP contribution >= 0.6 is 0 Å². The van der Waals surface area contributed by atoms with Crippen LogP contribution in [0.2, 0.25) is 0 Å². The topological polar surface area (TPSA) is 85.4 Å². The number of carboxylic acid groups (broad SMARTS) is 1. The molecule has 0 radical (unpaired) electrons. The van der Waals surface area contributed by atoms with Gasteiger partial charge < -0.3 is 15.6 Å². The van der Waals surface area contributed by atoms with Gasteiger partial charge in [-0.05, 0) is 26.3 Å². The van der Waals surface area contributed by atoms with Crippen molar-refractivity contribution in [2.75, 3.05) is 13.7 Å². The fraction of sp³-hybridized carbons (Fsp3) is 0.538. The number of rotatable bonds is 7. The van der Waals surface area contributed by atoms with Gasteiger partial charge in [0.1, 0.15) is 5.75 Å². The van der Waals surface area contributed by atoms with Crippen molar-refractivity contribution in [1.29, 1.82) is 0 Å². The Morgan fingerprint density at radius 3 is 2.83 bits per heavy atom. The quantitative estimate of drug-likeness (QED) is 0.765. The van der Waals surface area contributed by atoms with E-state index in [0.29, 0.717) is 31.6 Å². The second-order valence-corrected chi connectivity index (χ2v) is 4.31. The zero-order valence-corrected chi connectivity index (χ0v) is 10.8. The van der Waals surface area contributed by atoms with Crippen molar-refractivity contribution in [2.24, 2.45) is 11.7 Å². The van der Waals surface area contributed by atoms with Crippen molar-refractivity contribution in [2.45, 2.75) is 26.2 Å². The van der Waals surface area contributed by atoms with Gasteiger partial charge in [0.15, 0.2) is 0 Å². The first-order valence-electron chi connectivity index (χ1n) is 6.01. The third-order valence-corrected chi connectivity index (χ3v) is 2.78. The minimum atomic E-state index is -0.800. The van der Waals surface area contributed by atoms with E-state index < -0.39 is 11.9 Å². The van der Waals surface area contributed by atoms with Crippen LogP contribution in [0.15, 0.2) is 12.1 Å². The number of pyridine rings is 1. The molecule has 0 aromatic carbocycles. The molecule has 0 amide bonds. The summed E-state index contributed by atoms with van der Waals surface area (Å²) in [6.07, 6.45) is 1.69. The highest BCUT2D eigenvalue weighted by Gasteiger charge is 2.18. The van der Waals surface area contributed by atoms with E-state index in [1.807, 2.05) is 13.0 Å². The van der Waals surface area contributed by atoms with Gasteiger partial charge in [0.2, 0.25) is 0 Å². The molecule has 1 atom stereocenters. The van der Waals surface area contributed by atoms with E-state index in [1.54, 1.807) is 13.2 Å². The molecule has 0 fully saturated rings. The molecule has 18 heavy (non-hydrogen) atoms. The Hall–Kier alpha value is -1.62. The van der Waals surface area contributed by atoms with Gasteiger partial charge in [-0.1, -0.05) is 0 Å². The predicted octanol–water partition coefficient (Wildman–Crippen LogP) is 1.38. The van der Waals surface area contributed by atoms with Crippen LogP contribution in [0.1, 0.15) is 24.2 Å². The SMILES string of the molecule is COc1cc(C)nc(CC(CCCN)C(=O)O)c1. The highest BCUT2D eigenvalue weighted by Crippen LogP contribution is 2.18. The summed E-state index contributed by atoms with van der Waals surface area (Å²) in [5.74, 6) is -0.529. The molecule has 0 aliphatic rings. The number of hydrogen-bond acceptors (Lipinski definition) is 4. The lowest BCUT2D eigenvalue weighted by Crippen LogP contribution is -2.18. The number of ether oxygens (including phenoxy) is 1. The number of aliphatic carboxylic acids is 1. The number of aromatic nitrogens is 1. The first-order chi connectivity index (χ1) is 8.56. The lowest BCUT2D eigenvalue weighted by Gasteiger charge is -2.12. The maximum atomic E-state index is 11.1. The molecule has 100 valence electrons. The van der Waals surface area contributed by atoms with Crippen LogP contribution in [0.4, 0.5) is 0 Å². The number of methoxy groups -OCH3 is 1. The van der Waals surface area contributed by atoms with Gasteiger partial charge in [-0.15, -0.1) is 0 Å². The Kier molecular flexibility index (Phi) is 5.58. The molecule has 1 heterocycles. The zero-order valence-electron chi connectivity index (χ0n) is 10.8. The average Bonchev–Trinajstić information content (AvgIpc) is 2.33. The Morgan fingerprint density at radius 2 is 2.28 bits per heavy atom. The van der Waals surface area contributed by atoms with Crippen LogP contribution in [0.3, 0.4) is 0 Å². The van der Waals surface area contributed by atoms with E-state index in [0.717, 1.165) is 11.4 Å². The molecule has 1 rings (SSSR count). The molecule has 1 aromatic rings. The maximum absolute atomic E-state index is 11.1. The Balaban J connectivity index is 2.79. The molecule has 3 N–H and O–H groups in total. The van der Waals surface area contributed by atoms with Gasteiger partial charge in [0.05, 0.1) is 13.0 Å². The molecule has 5 heteroatoms. The first kappa shape index (κ1) is 14.4. The van der Waals surface area contributed by atoms with Gasteiger partial charge in [0.25, 0.3) is 0 Å². The third-order valence-electron chi connectivity index (χ3n) is 2.78. The van der Waals surface area contributed by atoms with Crippen molar-refractivity contribution in [1.82, 2.24) is 4.98 Å². The summed E-state index contributed by atoms with van der Waals surface area (Å²) in [6.45, 7) is 2.37. The summed E-state index contributed by atoms with van der Waals surface area (Å²) in [5, 5.41) is 9.16. The molecule has 1 aromatic heterocycles. The standard InChI is InChI=1S/C13H20N2O3/c1-9-6-12(18-2)8-11(15-9)7-10(13(16)17)4-3-5-14/h6,8,10H,3-5,7,14H2,1-2H3,(H,16,17). The smallest absolute Gasteiger partial charge is 0.306 e. The zero-order chi connectivity index (χ0) is 13.5. The van der Waals surface area contributed by atoms with Crippen molar-refractivity contribution >= 4 is 5.97 Å². The molecule has 0 aliphatic heterocycles. The third kappa shape index (κ3) is 4.33. The normalized spacial score (nSPS) is 12.2. The number of carboxylic acids is 1. The summed E-state index contributed by atoms with van der Waals surface area (Å²) < 4.78 is 5.15. The number of carbonyl (C=O) groups is 1. The first-order valence-corrected chi connectivity index (χ1v) is 6.01. The molecule has 1 unspecified atom stereocenters.